The lowest BCUT2D eigenvalue weighted by Gasteiger charge is -2.44. The molecule has 0 aliphatic heterocycles. The molecular weight excluding hydrogens is 188 g/mol. The Labute approximate surface area is 94.2 Å². The first-order valence-corrected chi connectivity index (χ1v) is 6.27. The molecular formula is C12H26N2O. The summed E-state index contributed by atoms with van der Waals surface area (Å²) in [6, 6.07) is 0.796. The van der Waals surface area contributed by atoms with Gasteiger partial charge >= 0.3 is 0 Å². The summed E-state index contributed by atoms with van der Waals surface area (Å²) in [7, 11) is 1.78. The second-order valence-electron chi connectivity index (χ2n) is 4.33. The Morgan fingerprint density at radius 3 is 2.60 bits per heavy atom. The second-order valence-corrected chi connectivity index (χ2v) is 4.33. The SMILES string of the molecule is CCNCC1CCC1N(CC)CCOC. The van der Waals surface area contributed by atoms with Crippen LogP contribution in [-0.4, -0.2) is 50.8 Å². The summed E-state index contributed by atoms with van der Waals surface area (Å²) in [5.41, 5.74) is 0. The lowest BCUT2D eigenvalue weighted by atomic mass is 9.78. The Kier molecular flexibility index (Phi) is 6.22. The number of rotatable bonds is 8. The molecule has 1 fully saturated rings. The molecule has 0 radical (unpaired) electrons. The summed E-state index contributed by atoms with van der Waals surface area (Å²) < 4.78 is 5.15. The quantitative estimate of drug-likeness (QED) is 0.660. The van der Waals surface area contributed by atoms with Crippen LogP contribution in [0.2, 0.25) is 0 Å². The molecule has 1 saturated carbocycles. The molecule has 1 aliphatic carbocycles. The zero-order valence-corrected chi connectivity index (χ0v) is 10.5. The van der Waals surface area contributed by atoms with Crippen LogP contribution >= 0.6 is 0 Å². The lowest BCUT2D eigenvalue weighted by molar-refractivity contribution is 0.0440. The predicted molar refractivity (Wildman–Crippen MR) is 64.2 cm³/mol. The molecule has 2 atom stereocenters. The van der Waals surface area contributed by atoms with Gasteiger partial charge in [0.05, 0.1) is 6.61 Å². The lowest BCUT2D eigenvalue weighted by Crippen LogP contribution is -2.51. The van der Waals surface area contributed by atoms with Crippen LogP contribution in [0.15, 0.2) is 0 Å². The zero-order chi connectivity index (χ0) is 11.1. The Bertz CT molecular complexity index is 164. The van der Waals surface area contributed by atoms with Crippen LogP contribution in [0.4, 0.5) is 0 Å². The molecule has 0 spiro atoms. The van der Waals surface area contributed by atoms with E-state index in [1.807, 2.05) is 0 Å². The van der Waals surface area contributed by atoms with Crippen LogP contribution in [0.25, 0.3) is 0 Å². The largest absolute Gasteiger partial charge is 0.383 e. The number of hydrogen-bond acceptors (Lipinski definition) is 3. The van der Waals surface area contributed by atoms with E-state index in [1.165, 1.54) is 19.4 Å². The molecule has 0 aromatic carbocycles. The van der Waals surface area contributed by atoms with E-state index in [0.717, 1.165) is 38.2 Å². The van der Waals surface area contributed by atoms with E-state index >= 15 is 0 Å². The molecule has 0 saturated heterocycles. The van der Waals surface area contributed by atoms with Crippen molar-refractivity contribution in [3.8, 4) is 0 Å². The summed E-state index contributed by atoms with van der Waals surface area (Å²) in [4.78, 5) is 2.56. The van der Waals surface area contributed by atoms with Crippen LogP contribution < -0.4 is 5.32 Å². The number of ether oxygens (including phenoxy) is 1. The summed E-state index contributed by atoms with van der Waals surface area (Å²) >= 11 is 0. The van der Waals surface area contributed by atoms with Crippen LogP contribution in [0.5, 0.6) is 0 Å². The van der Waals surface area contributed by atoms with Crippen LogP contribution in [-0.2, 0) is 4.74 Å². The molecule has 1 N–H and O–H groups in total. The molecule has 0 amide bonds. The predicted octanol–water partition coefficient (Wildman–Crippen LogP) is 1.34. The van der Waals surface area contributed by atoms with Gasteiger partial charge in [-0.3, -0.25) is 4.90 Å². The van der Waals surface area contributed by atoms with Crippen molar-refractivity contribution in [1.82, 2.24) is 10.2 Å². The van der Waals surface area contributed by atoms with Gasteiger partial charge in [-0.1, -0.05) is 13.8 Å². The summed E-state index contributed by atoms with van der Waals surface area (Å²) in [5.74, 6) is 0.863. The molecule has 0 aromatic rings. The Morgan fingerprint density at radius 1 is 1.33 bits per heavy atom. The van der Waals surface area contributed by atoms with Gasteiger partial charge in [-0.15, -0.1) is 0 Å². The van der Waals surface area contributed by atoms with Gasteiger partial charge < -0.3 is 10.1 Å². The Hall–Kier alpha value is -0.120. The fraction of sp³-hybridized carbons (Fsp3) is 1.00. The summed E-state index contributed by atoms with van der Waals surface area (Å²) in [6.45, 7) is 9.79. The smallest absolute Gasteiger partial charge is 0.0589 e. The Morgan fingerprint density at radius 2 is 2.13 bits per heavy atom. The van der Waals surface area contributed by atoms with E-state index in [2.05, 4.69) is 24.1 Å². The van der Waals surface area contributed by atoms with Gasteiger partial charge in [-0.05, 0) is 38.4 Å². The van der Waals surface area contributed by atoms with Crippen molar-refractivity contribution in [2.24, 2.45) is 5.92 Å². The number of hydrogen-bond donors (Lipinski definition) is 1. The first-order chi connectivity index (χ1) is 7.33. The van der Waals surface area contributed by atoms with E-state index in [-0.39, 0.29) is 0 Å². The maximum atomic E-state index is 5.15. The van der Waals surface area contributed by atoms with Crippen molar-refractivity contribution < 1.29 is 4.74 Å². The van der Waals surface area contributed by atoms with Crippen molar-refractivity contribution in [2.75, 3.05) is 39.9 Å². The van der Waals surface area contributed by atoms with Gasteiger partial charge in [0.2, 0.25) is 0 Å². The molecule has 0 bridgehead atoms. The maximum absolute atomic E-state index is 5.15. The van der Waals surface area contributed by atoms with E-state index < -0.39 is 0 Å². The van der Waals surface area contributed by atoms with Crippen molar-refractivity contribution >= 4 is 0 Å². The van der Waals surface area contributed by atoms with E-state index in [9.17, 15) is 0 Å². The number of likely N-dealkylation sites (N-methyl/N-ethyl adjacent to an activating group) is 1. The second kappa shape index (κ2) is 7.20. The fourth-order valence-corrected chi connectivity index (χ4v) is 2.37. The monoisotopic (exact) mass is 214 g/mol. The van der Waals surface area contributed by atoms with Crippen molar-refractivity contribution in [1.29, 1.82) is 0 Å². The van der Waals surface area contributed by atoms with Crippen LogP contribution in [0.1, 0.15) is 26.7 Å². The average molecular weight is 214 g/mol. The number of nitrogens with one attached hydrogen (secondary N) is 1. The third kappa shape index (κ3) is 3.74. The van der Waals surface area contributed by atoms with Gasteiger partial charge in [0, 0.05) is 19.7 Å². The van der Waals surface area contributed by atoms with Crippen LogP contribution in [0.3, 0.4) is 0 Å². The first-order valence-electron chi connectivity index (χ1n) is 6.27. The van der Waals surface area contributed by atoms with Crippen molar-refractivity contribution in [2.45, 2.75) is 32.7 Å². The summed E-state index contributed by atoms with van der Waals surface area (Å²) in [5, 5.41) is 3.46. The molecule has 90 valence electrons. The number of nitrogens with zero attached hydrogens (tertiary/aromatic N) is 1. The number of methoxy groups -OCH3 is 1. The highest BCUT2D eigenvalue weighted by Gasteiger charge is 2.33. The van der Waals surface area contributed by atoms with Gasteiger partial charge in [-0.2, -0.15) is 0 Å². The molecule has 0 heterocycles. The standard InChI is InChI=1S/C12H26N2O/c1-4-13-10-11-6-7-12(11)14(5-2)8-9-15-3/h11-13H,4-10H2,1-3H3. The van der Waals surface area contributed by atoms with Crippen molar-refractivity contribution in [3.63, 3.8) is 0 Å². The maximum Gasteiger partial charge on any atom is 0.0589 e. The van der Waals surface area contributed by atoms with Gasteiger partial charge in [0.25, 0.3) is 0 Å². The third-order valence-corrected chi connectivity index (χ3v) is 3.49. The van der Waals surface area contributed by atoms with Gasteiger partial charge in [-0.25, -0.2) is 0 Å². The minimum atomic E-state index is 0.796. The molecule has 0 aromatic heterocycles. The topological polar surface area (TPSA) is 24.5 Å². The summed E-state index contributed by atoms with van der Waals surface area (Å²) in [6.07, 6.45) is 2.76. The Balaban J connectivity index is 2.26. The van der Waals surface area contributed by atoms with Gasteiger partial charge in [0.15, 0.2) is 0 Å². The minimum Gasteiger partial charge on any atom is -0.383 e. The molecule has 3 nitrogen and oxygen atoms in total. The average Bonchev–Trinajstić information content (AvgIpc) is 2.22. The molecule has 1 rings (SSSR count). The molecule has 1 aliphatic rings. The van der Waals surface area contributed by atoms with E-state index in [1.54, 1.807) is 7.11 Å². The van der Waals surface area contributed by atoms with Crippen molar-refractivity contribution in [3.05, 3.63) is 0 Å². The van der Waals surface area contributed by atoms with E-state index in [4.69, 9.17) is 4.74 Å². The van der Waals surface area contributed by atoms with E-state index in [0.29, 0.717) is 0 Å². The molecule has 2 unspecified atom stereocenters. The first kappa shape index (κ1) is 12.9. The minimum absolute atomic E-state index is 0.796. The van der Waals surface area contributed by atoms with Gasteiger partial charge in [0.1, 0.15) is 0 Å². The third-order valence-electron chi connectivity index (χ3n) is 3.49. The zero-order valence-electron chi connectivity index (χ0n) is 10.5. The van der Waals surface area contributed by atoms with Crippen LogP contribution in [0, 0.1) is 5.92 Å². The highest BCUT2D eigenvalue weighted by atomic mass is 16.5. The fourth-order valence-electron chi connectivity index (χ4n) is 2.37. The molecule has 3 heteroatoms. The highest BCUT2D eigenvalue weighted by Crippen LogP contribution is 2.31. The highest BCUT2D eigenvalue weighted by molar-refractivity contribution is 4.89. The normalized spacial score (nSPS) is 25.6. The molecule has 15 heavy (non-hydrogen) atoms.